The van der Waals surface area contributed by atoms with Crippen molar-refractivity contribution in [2.45, 2.75) is 45.3 Å². The van der Waals surface area contributed by atoms with Gasteiger partial charge in [0.15, 0.2) is 0 Å². The van der Waals surface area contributed by atoms with Crippen LogP contribution in [0.15, 0.2) is 0 Å². The first-order chi connectivity index (χ1) is 10.2. The average Bonchev–Trinajstić information content (AvgIpc) is 2.26. The van der Waals surface area contributed by atoms with Crippen molar-refractivity contribution in [3.05, 3.63) is 0 Å². The molecule has 0 fully saturated rings. The molecule has 0 saturated heterocycles. The first kappa shape index (κ1) is 22.1. The summed E-state index contributed by atoms with van der Waals surface area (Å²) >= 11 is 0. The molecule has 0 bridgehead atoms. The number of hydrogen-bond donors (Lipinski definition) is 1. The number of carbonyl (C=O) groups excluding carboxylic acids is 1. The van der Waals surface area contributed by atoms with Crippen molar-refractivity contribution in [3.8, 4) is 0 Å². The van der Waals surface area contributed by atoms with Crippen LogP contribution >= 0.6 is 0 Å². The molecule has 23 heavy (non-hydrogen) atoms. The Hall–Kier alpha value is -0.910. The van der Waals surface area contributed by atoms with Crippen LogP contribution in [0.4, 0.5) is 4.79 Å². The second-order valence-electron chi connectivity index (χ2n) is 6.00. The molecule has 9 nitrogen and oxygen atoms in total. The molecule has 0 aliphatic carbocycles. The van der Waals surface area contributed by atoms with Crippen LogP contribution < -0.4 is 5.32 Å². The smallest absolute Gasteiger partial charge is 0.407 e. The maximum atomic E-state index is 11.7. The standard InChI is InChI=1S/C12H25NO8S2/c1-12(2,3)21-11(14)13-10(9-20-23(5,17)18)7-6-8-19-22(4,15)16/h10H,6-9H2,1-5H3,(H,13,14)/t10-/m0/s1. The van der Waals surface area contributed by atoms with Crippen molar-refractivity contribution in [2.24, 2.45) is 0 Å². The van der Waals surface area contributed by atoms with Crippen LogP contribution in [0.3, 0.4) is 0 Å². The Morgan fingerprint density at radius 1 is 1.04 bits per heavy atom. The van der Waals surface area contributed by atoms with E-state index in [2.05, 4.69) is 13.7 Å². The fourth-order valence-corrected chi connectivity index (χ4v) is 2.25. The summed E-state index contributed by atoms with van der Waals surface area (Å²) in [4.78, 5) is 11.7. The lowest BCUT2D eigenvalue weighted by Crippen LogP contribution is -2.42. The fourth-order valence-electron chi connectivity index (χ4n) is 1.42. The molecule has 0 rings (SSSR count). The van der Waals surface area contributed by atoms with Gasteiger partial charge in [-0.15, -0.1) is 0 Å². The molecule has 0 aromatic carbocycles. The Balaban J connectivity index is 4.53. The highest BCUT2D eigenvalue weighted by Gasteiger charge is 2.20. The molecule has 0 unspecified atom stereocenters. The van der Waals surface area contributed by atoms with Crippen molar-refractivity contribution >= 4 is 26.3 Å². The van der Waals surface area contributed by atoms with E-state index in [1.165, 1.54) is 0 Å². The van der Waals surface area contributed by atoms with Gasteiger partial charge in [0.05, 0.1) is 31.8 Å². The minimum absolute atomic E-state index is 0.0792. The topological polar surface area (TPSA) is 125 Å². The van der Waals surface area contributed by atoms with Crippen molar-refractivity contribution in [2.75, 3.05) is 25.7 Å². The lowest BCUT2D eigenvalue weighted by Gasteiger charge is -2.23. The monoisotopic (exact) mass is 375 g/mol. The third-order valence-electron chi connectivity index (χ3n) is 2.20. The average molecular weight is 375 g/mol. The van der Waals surface area contributed by atoms with Crippen molar-refractivity contribution in [1.29, 1.82) is 0 Å². The Bertz CT molecular complexity index is 577. The number of alkyl carbamates (subject to hydrolysis) is 1. The second kappa shape index (κ2) is 8.81. The SMILES string of the molecule is CC(C)(C)OC(=O)N[C@@H](CCCOS(C)(=O)=O)COS(C)(=O)=O. The van der Waals surface area contributed by atoms with Gasteiger partial charge in [-0.25, -0.2) is 4.79 Å². The fraction of sp³-hybridized carbons (Fsp3) is 0.917. The Morgan fingerprint density at radius 3 is 2.00 bits per heavy atom. The van der Waals surface area contributed by atoms with E-state index in [1.54, 1.807) is 20.8 Å². The van der Waals surface area contributed by atoms with Crippen molar-refractivity contribution < 1.29 is 34.7 Å². The number of ether oxygens (including phenoxy) is 1. The lowest BCUT2D eigenvalue weighted by molar-refractivity contribution is 0.0482. The van der Waals surface area contributed by atoms with Crippen molar-refractivity contribution in [3.63, 3.8) is 0 Å². The zero-order valence-corrected chi connectivity index (χ0v) is 15.6. The molecular formula is C12H25NO8S2. The van der Waals surface area contributed by atoms with E-state index in [-0.39, 0.29) is 26.1 Å². The third-order valence-corrected chi connectivity index (χ3v) is 3.36. The summed E-state index contributed by atoms with van der Waals surface area (Å²) in [5.41, 5.74) is -0.703. The molecular weight excluding hydrogens is 350 g/mol. The molecule has 0 radical (unpaired) electrons. The molecule has 0 spiro atoms. The molecule has 1 atom stereocenters. The zero-order valence-electron chi connectivity index (χ0n) is 14.0. The van der Waals surface area contributed by atoms with E-state index in [1.807, 2.05) is 0 Å². The van der Waals surface area contributed by atoms with Gasteiger partial charge < -0.3 is 10.1 Å². The Labute approximate surface area is 137 Å². The van der Waals surface area contributed by atoms with E-state index in [4.69, 9.17) is 4.74 Å². The van der Waals surface area contributed by atoms with E-state index in [0.717, 1.165) is 12.5 Å². The van der Waals surface area contributed by atoms with Gasteiger partial charge in [0, 0.05) is 0 Å². The molecule has 1 N–H and O–H groups in total. The number of rotatable bonds is 9. The Kier molecular flexibility index (Phi) is 8.46. The predicted octanol–water partition coefficient (Wildman–Crippen LogP) is 0.612. The van der Waals surface area contributed by atoms with Gasteiger partial charge in [0.2, 0.25) is 0 Å². The quantitative estimate of drug-likeness (QED) is 0.459. The summed E-state index contributed by atoms with van der Waals surface area (Å²) in [6, 6.07) is -0.664. The van der Waals surface area contributed by atoms with Gasteiger partial charge >= 0.3 is 6.09 Å². The summed E-state index contributed by atoms with van der Waals surface area (Å²) in [7, 11) is -7.21. The normalized spacial score (nSPS) is 14.3. The van der Waals surface area contributed by atoms with Crippen LogP contribution in [0.1, 0.15) is 33.6 Å². The molecule has 0 aromatic heterocycles. The number of nitrogens with one attached hydrogen (secondary N) is 1. The largest absolute Gasteiger partial charge is 0.444 e. The molecule has 0 aromatic rings. The van der Waals surface area contributed by atoms with Crippen molar-refractivity contribution in [1.82, 2.24) is 5.32 Å². The van der Waals surface area contributed by atoms with Crippen LogP contribution in [-0.4, -0.2) is 60.3 Å². The summed E-state index contributed by atoms with van der Waals surface area (Å²) in [6.07, 6.45) is 1.63. The highest BCUT2D eigenvalue weighted by Crippen LogP contribution is 2.08. The molecule has 11 heteroatoms. The third kappa shape index (κ3) is 15.8. The molecule has 138 valence electrons. The number of amides is 1. The van der Waals surface area contributed by atoms with Crippen LogP contribution in [0, 0.1) is 0 Å². The van der Waals surface area contributed by atoms with Gasteiger partial charge in [-0.3, -0.25) is 8.37 Å². The second-order valence-corrected chi connectivity index (χ2v) is 9.29. The van der Waals surface area contributed by atoms with Crippen LogP contribution in [0.2, 0.25) is 0 Å². The minimum atomic E-state index is -3.66. The highest BCUT2D eigenvalue weighted by molar-refractivity contribution is 7.86. The van der Waals surface area contributed by atoms with E-state index >= 15 is 0 Å². The molecule has 0 saturated carbocycles. The predicted molar refractivity (Wildman–Crippen MR) is 84.0 cm³/mol. The van der Waals surface area contributed by atoms with E-state index in [9.17, 15) is 21.6 Å². The van der Waals surface area contributed by atoms with Gasteiger partial charge in [-0.05, 0) is 33.6 Å². The first-order valence-corrected chi connectivity index (χ1v) is 10.5. The maximum absolute atomic E-state index is 11.7. The molecule has 0 heterocycles. The lowest BCUT2D eigenvalue weighted by atomic mass is 10.2. The maximum Gasteiger partial charge on any atom is 0.407 e. The Morgan fingerprint density at radius 2 is 1.57 bits per heavy atom. The number of hydrogen-bond acceptors (Lipinski definition) is 8. The van der Waals surface area contributed by atoms with Crippen LogP contribution in [-0.2, 0) is 33.3 Å². The highest BCUT2D eigenvalue weighted by atomic mass is 32.2. The van der Waals surface area contributed by atoms with Gasteiger partial charge in [0.25, 0.3) is 20.2 Å². The summed E-state index contributed by atoms with van der Waals surface area (Å²) < 4.78 is 58.1. The molecule has 0 aliphatic heterocycles. The minimum Gasteiger partial charge on any atom is -0.444 e. The van der Waals surface area contributed by atoms with Gasteiger partial charge in [-0.1, -0.05) is 0 Å². The summed E-state index contributed by atoms with van der Waals surface area (Å²) in [5.74, 6) is 0. The first-order valence-electron chi connectivity index (χ1n) is 6.86. The van der Waals surface area contributed by atoms with Crippen LogP contribution in [0.5, 0.6) is 0 Å². The zero-order chi connectivity index (χ0) is 18.3. The van der Waals surface area contributed by atoms with E-state index in [0.29, 0.717) is 0 Å². The van der Waals surface area contributed by atoms with Gasteiger partial charge in [-0.2, -0.15) is 16.8 Å². The number of carbonyl (C=O) groups is 1. The van der Waals surface area contributed by atoms with Gasteiger partial charge in [0.1, 0.15) is 5.60 Å². The summed E-state index contributed by atoms with van der Waals surface area (Å²) in [6.45, 7) is 4.71. The molecule has 0 aliphatic rings. The molecule has 1 amide bonds. The summed E-state index contributed by atoms with van der Waals surface area (Å²) in [5, 5.41) is 2.49. The van der Waals surface area contributed by atoms with E-state index < -0.39 is 38.0 Å². The van der Waals surface area contributed by atoms with Crippen LogP contribution in [0.25, 0.3) is 0 Å².